The lowest BCUT2D eigenvalue weighted by molar-refractivity contribution is -0.134. The summed E-state index contributed by atoms with van der Waals surface area (Å²) in [4.78, 5) is 34.3. The maximum atomic E-state index is 11.6. The van der Waals surface area contributed by atoms with E-state index >= 15 is 0 Å². The predicted molar refractivity (Wildman–Crippen MR) is 77.2 cm³/mol. The van der Waals surface area contributed by atoms with Gasteiger partial charge in [0.25, 0.3) is 0 Å². The van der Waals surface area contributed by atoms with Gasteiger partial charge in [0, 0.05) is 23.0 Å². The van der Waals surface area contributed by atoms with Crippen molar-refractivity contribution in [2.45, 2.75) is 32.4 Å². The fourth-order valence-corrected chi connectivity index (χ4v) is 2.58. The number of hydrogen-bond donors (Lipinski definition) is 2. The van der Waals surface area contributed by atoms with Crippen LogP contribution < -0.4 is 10.6 Å². The number of Topliss-reactive ketones (excluding diaryl/α,β-unsaturated/α-hetero) is 1. The van der Waals surface area contributed by atoms with Crippen LogP contribution >= 0.6 is 15.9 Å². The van der Waals surface area contributed by atoms with Crippen LogP contribution in [0.5, 0.6) is 0 Å². The largest absolute Gasteiger partial charge is 0.302 e. The molecule has 1 unspecified atom stereocenters. The molecule has 2 N–H and O–H groups in total. The Balaban J connectivity index is 2.07. The molecule has 1 aliphatic rings. The van der Waals surface area contributed by atoms with Crippen molar-refractivity contribution in [3.05, 3.63) is 33.8 Å². The number of amides is 2. The fraction of sp³-hybridized carbons (Fsp3) is 0.357. The van der Waals surface area contributed by atoms with Gasteiger partial charge in [-0.1, -0.05) is 15.9 Å². The molecule has 1 aromatic rings. The highest BCUT2D eigenvalue weighted by molar-refractivity contribution is 9.10. The number of benzene rings is 1. The summed E-state index contributed by atoms with van der Waals surface area (Å²) < 4.78 is 0.877. The molecule has 0 radical (unpaired) electrons. The molecule has 106 valence electrons. The maximum Gasteiger partial charge on any atom is 0.243 e. The van der Waals surface area contributed by atoms with Crippen molar-refractivity contribution in [3.8, 4) is 0 Å². The minimum atomic E-state index is -0.397. The second-order valence-corrected chi connectivity index (χ2v) is 5.66. The van der Waals surface area contributed by atoms with E-state index in [4.69, 9.17) is 0 Å². The Labute approximate surface area is 125 Å². The van der Waals surface area contributed by atoms with Crippen LogP contribution in [0, 0.1) is 0 Å². The smallest absolute Gasteiger partial charge is 0.243 e. The molecule has 20 heavy (non-hydrogen) atoms. The average molecular weight is 339 g/mol. The molecule has 1 aromatic carbocycles. The molecule has 1 saturated heterocycles. The summed E-state index contributed by atoms with van der Waals surface area (Å²) in [7, 11) is 0. The molecular formula is C14H15BrN2O3. The number of carbonyl (C=O) groups excluding carboxylic acids is 3. The van der Waals surface area contributed by atoms with E-state index in [2.05, 4.69) is 26.6 Å². The van der Waals surface area contributed by atoms with E-state index in [1.807, 2.05) is 12.1 Å². The highest BCUT2D eigenvalue weighted by Crippen LogP contribution is 2.18. The molecule has 0 aliphatic carbocycles. The Morgan fingerprint density at radius 2 is 2.20 bits per heavy atom. The summed E-state index contributed by atoms with van der Waals surface area (Å²) in [5.74, 6) is -0.557. The molecule has 1 aliphatic heterocycles. The highest BCUT2D eigenvalue weighted by Gasteiger charge is 2.26. The van der Waals surface area contributed by atoms with Gasteiger partial charge in [-0.2, -0.15) is 0 Å². The van der Waals surface area contributed by atoms with Gasteiger partial charge in [0.1, 0.15) is 0 Å². The number of hydrogen-bond acceptors (Lipinski definition) is 4. The van der Waals surface area contributed by atoms with E-state index in [0.717, 1.165) is 10.0 Å². The topological polar surface area (TPSA) is 75.3 Å². The zero-order valence-electron chi connectivity index (χ0n) is 11.0. The first-order valence-electron chi connectivity index (χ1n) is 6.34. The summed E-state index contributed by atoms with van der Waals surface area (Å²) in [5, 5.41) is 5.39. The Morgan fingerprint density at radius 1 is 1.45 bits per heavy atom. The van der Waals surface area contributed by atoms with E-state index < -0.39 is 6.04 Å². The number of carbonyl (C=O) groups is 3. The first-order valence-corrected chi connectivity index (χ1v) is 7.13. The standard InChI is InChI=1S/C14H15BrN2O3/c1-8(18)11-3-2-10(15)6-9(11)7-16-12-4-5-13(19)17-14(12)20/h2-3,6,12,16H,4-5,7H2,1H3,(H,17,19,20). The van der Waals surface area contributed by atoms with E-state index in [1.54, 1.807) is 6.07 Å². The van der Waals surface area contributed by atoms with Crippen molar-refractivity contribution < 1.29 is 14.4 Å². The summed E-state index contributed by atoms with van der Waals surface area (Å²) in [5.41, 5.74) is 1.46. The molecule has 1 heterocycles. The van der Waals surface area contributed by atoms with Gasteiger partial charge in [-0.05, 0) is 37.1 Å². The number of rotatable bonds is 4. The monoisotopic (exact) mass is 338 g/mol. The van der Waals surface area contributed by atoms with Gasteiger partial charge < -0.3 is 5.32 Å². The van der Waals surface area contributed by atoms with Crippen molar-refractivity contribution in [2.75, 3.05) is 0 Å². The summed E-state index contributed by atoms with van der Waals surface area (Å²) in [6.07, 6.45) is 0.815. The Hall–Kier alpha value is -1.53. The van der Waals surface area contributed by atoms with Crippen LogP contribution in [0.15, 0.2) is 22.7 Å². The maximum absolute atomic E-state index is 11.6. The molecule has 0 bridgehead atoms. The quantitative estimate of drug-likeness (QED) is 0.645. The van der Waals surface area contributed by atoms with Gasteiger partial charge in [0.2, 0.25) is 11.8 Å². The normalized spacial score (nSPS) is 18.8. The number of ketones is 1. The van der Waals surface area contributed by atoms with Gasteiger partial charge in [-0.15, -0.1) is 0 Å². The number of nitrogens with one attached hydrogen (secondary N) is 2. The number of imide groups is 1. The Kier molecular flexibility index (Phi) is 4.67. The second kappa shape index (κ2) is 6.28. The van der Waals surface area contributed by atoms with Crippen LogP contribution in [0.4, 0.5) is 0 Å². The van der Waals surface area contributed by atoms with Crippen LogP contribution in [0.2, 0.25) is 0 Å². The zero-order chi connectivity index (χ0) is 14.7. The summed E-state index contributed by atoms with van der Waals surface area (Å²) >= 11 is 3.37. The average Bonchev–Trinajstić information content (AvgIpc) is 2.37. The second-order valence-electron chi connectivity index (χ2n) is 4.74. The molecule has 0 aromatic heterocycles. The molecule has 6 heteroatoms. The number of piperidine rings is 1. The minimum Gasteiger partial charge on any atom is -0.302 e. The molecule has 2 rings (SSSR count). The Bertz CT molecular complexity index is 572. The van der Waals surface area contributed by atoms with Crippen molar-refractivity contribution in [1.29, 1.82) is 0 Å². The van der Waals surface area contributed by atoms with Crippen molar-refractivity contribution in [1.82, 2.24) is 10.6 Å². The third-order valence-electron chi connectivity index (χ3n) is 3.22. The lowest BCUT2D eigenvalue weighted by Crippen LogP contribution is -2.50. The first-order chi connectivity index (χ1) is 9.47. The molecule has 1 fully saturated rings. The van der Waals surface area contributed by atoms with Crippen molar-refractivity contribution >= 4 is 33.5 Å². The van der Waals surface area contributed by atoms with Crippen LogP contribution in [0.1, 0.15) is 35.7 Å². The lowest BCUT2D eigenvalue weighted by Gasteiger charge is -2.22. The van der Waals surface area contributed by atoms with Gasteiger partial charge in [-0.3, -0.25) is 19.7 Å². The van der Waals surface area contributed by atoms with E-state index in [9.17, 15) is 14.4 Å². The zero-order valence-corrected chi connectivity index (χ0v) is 12.6. The molecule has 1 atom stereocenters. The van der Waals surface area contributed by atoms with Gasteiger partial charge in [-0.25, -0.2) is 0 Å². The molecular weight excluding hydrogens is 324 g/mol. The SMILES string of the molecule is CC(=O)c1ccc(Br)cc1CNC1CCC(=O)NC1=O. The van der Waals surface area contributed by atoms with Crippen molar-refractivity contribution in [2.24, 2.45) is 0 Å². The first kappa shape index (κ1) is 14.9. The predicted octanol–water partition coefficient (Wildman–Crippen LogP) is 1.55. The van der Waals surface area contributed by atoms with E-state index in [-0.39, 0.29) is 17.6 Å². The number of halogens is 1. The molecule has 0 spiro atoms. The van der Waals surface area contributed by atoms with Crippen LogP contribution in [-0.4, -0.2) is 23.6 Å². The van der Waals surface area contributed by atoms with Gasteiger partial charge >= 0.3 is 0 Å². The summed E-state index contributed by atoms with van der Waals surface area (Å²) in [6.45, 7) is 1.92. The highest BCUT2D eigenvalue weighted by atomic mass is 79.9. The molecule has 5 nitrogen and oxygen atoms in total. The van der Waals surface area contributed by atoms with Crippen molar-refractivity contribution in [3.63, 3.8) is 0 Å². The minimum absolute atomic E-state index is 0.0161. The third-order valence-corrected chi connectivity index (χ3v) is 3.72. The third kappa shape index (κ3) is 3.52. The van der Waals surface area contributed by atoms with E-state index in [0.29, 0.717) is 24.9 Å². The van der Waals surface area contributed by atoms with Crippen LogP contribution in [-0.2, 0) is 16.1 Å². The fourth-order valence-electron chi connectivity index (χ4n) is 2.17. The lowest BCUT2D eigenvalue weighted by atomic mass is 10.0. The summed E-state index contributed by atoms with van der Waals surface area (Å²) in [6, 6.07) is 5.03. The molecule has 0 saturated carbocycles. The van der Waals surface area contributed by atoms with Crippen LogP contribution in [0.25, 0.3) is 0 Å². The molecule has 2 amide bonds. The Morgan fingerprint density at radius 3 is 2.85 bits per heavy atom. The van der Waals surface area contributed by atoms with Gasteiger partial charge in [0.15, 0.2) is 5.78 Å². The van der Waals surface area contributed by atoms with Gasteiger partial charge in [0.05, 0.1) is 6.04 Å². The van der Waals surface area contributed by atoms with E-state index in [1.165, 1.54) is 6.92 Å². The van der Waals surface area contributed by atoms with Crippen LogP contribution in [0.3, 0.4) is 0 Å².